The minimum absolute atomic E-state index is 0.186. The fraction of sp³-hybridized carbons (Fsp3) is 0.214. The van der Waals surface area contributed by atoms with Crippen molar-refractivity contribution in [1.29, 1.82) is 0 Å². The molecule has 0 radical (unpaired) electrons. The largest absolute Gasteiger partial charge is 0.461 e. The molecule has 104 valence electrons. The van der Waals surface area contributed by atoms with Gasteiger partial charge in [-0.2, -0.15) is 0 Å². The van der Waals surface area contributed by atoms with E-state index < -0.39 is 5.97 Å². The zero-order valence-electron chi connectivity index (χ0n) is 11.2. The zero-order valence-corrected chi connectivity index (χ0v) is 12.0. The van der Waals surface area contributed by atoms with Crippen molar-refractivity contribution in [2.75, 3.05) is 6.61 Å². The zero-order chi connectivity index (χ0) is 14.4. The quantitative estimate of drug-likeness (QED) is 0.788. The first kappa shape index (κ1) is 14.2. The molecule has 0 saturated heterocycles. The van der Waals surface area contributed by atoms with Gasteiger partial charge in [0.25, 0.3) is 5.19 Å². The number of esters is 1. The molecule has 0 N–H and O–H groups in total. The molecule has 6 heteroatoms. The number of para-hydroxylation sites is 1. The molecule has 0 saturated carbocycles. The second-order valence-corrected chi connectivity index (χ2v) is 4.67. The average Bonchev–Trinajstić information content (AvgIpc) is 2.90. The third kappa shape index (κ3) is 3.42. The molecule has 0 aliphatic rings. The number of carbonyl (C=O) groups is 1. The van der Waals surface area contributed by atoms with Crippen molar-refractivity contribution < 1.29 is 14.3 Å². The van der Waals surface area contributed by atoms with Crippen LogP contribution in [0.4, 0.5) is 0 Å². The minimum Gasteiger partial charge on any atom is -0.461 e. The van der Waals surface area contributed by atoms with Crippen LogP contribution in [0.1, 0.15) is 29.2 Å². The summed E-state index contributed by atoms with van der Waals surface area (Å²) < 4.78 is 10.5. The van der Waals surface area contributed by atoms with Gasteiger partial charge in [0, 0.05) is 5.56 Å². The number of rotatable bonds is 5. The standard InChI is InChI=1S/C14H14N2O3S/c1-3-7-10-8-5-6-9-11(10)19-14-16-15-12(20-14)13(17)18-4-2/h3,5-9H,4H2,1-2H3/b7-3+. The van der Waals surface area contributed by atoms with Crippen molar-refractivity contribution in [3.63, 3.8) is 0 Å². The summed E-state index contributed by atoms with van der Waals surface area (Å²) in [4.78, 5) is 11.5. The number of aromatic nitrogens is 2. The first-order valence-corrected chi connectivity index (χ1v) is 6.96. The highest BCUT2D eigenvalue weighted by atomic mass is 32.1. The Bertz CT molecular complexity index is 622. The second kappa shape index (κ2) is 6.81. The van der Waals surface area contributed by atoms with E-state index in [1.807, 2.05) is 43.3 Å². The van der Waals surface area contributed by atoms with Crippen LogP contribution in [0.25, 0.3) is 6.08 Å². The van der Waals surface area contributed by atoms with E-state index in [-0.39, 0.29) is 5.01 Å². The van der Waals surface area contributed by atoms with Crippen LogP contribution in [0.2, 0.25) is 0 Å². The molecule has 1 aromatic heterocycles. The SMILES string of the molecule is C/C=C/c1ccccc1Oc1nnc(C(=O)OCC)s1. The number of ether oxygens (including phenoxy) is 2. The van der Waals surface area contributed by atoms with Crippen molar-refractivity contribution in [2.45, 2.75) is 13.8 Å². The van der Waals surface area contributed by atoms with Gasteiger partial charge in [-0.3, -0.25) is 0 Å². The van der Waals surface area contributed by atoms with Crippen LogP contribution in [-0.2, 0) is 4.74 Å². The van der Waals surface area contributed by atoms with E-state index in [9.17, 15) is 4.79 Å². The Morgan fingerprint density at radius 1 is 1.35 bits per heavy atom. The van der Waals surface area contributed by atoms with Crippen molar-refractivity contribution in [3.8, 4) is 10.9 Å². The van der Waals surface area contributed by atoms with Crippen LogP contribution >= 0.6 is 11.3 Å². The van der Waals surface area contributed by atoms with Gasteiger partial charge in [0.05, 0.1) is 6.61 Å². The molecular weight excluding hydrogens is 276 g/mol. The number of hydrogen-bond donors (Lipinski definition) is 0. The first-order valence-electron chi connectivity index (χ1n) is 6.14. The molecule has 0 aliphatic carbocycles. The predicted octanol–water partition coefficient (Wildman–Crippen LogP) is 3.54. The van der Waals surface area contributed by atoms with Crippen molar-refractivity contribution in [1.82, 2.24) is 10.2 Å². The summed E-state index contributed by atoms with van der Waals surface area (Å²) in [6.45, 7) is 3.98. The average molecular weight is 290 g/mol. The number of allylic oxidation sites excluding steroid dienone is 1. The normalized spacial score (nSPS) is 10.7. The summed E-state index contributed by atoms with van der Waals surface area (Å²) in [5.74, 6) is 0.179. The monoisotopic (exact) mass is 290 g/mol. The summed E-state index contributed by atoms with van der Waals surface area (Å²) in [6, 6.07) is 7.56. The number of hydrogen-bond acceptors (Lipinski definition) is 6. The predicted molar refractivity (Wildman–Crippen MR) is 77.1 cm³/mol. The maximum Gasteiger partial charge on any atom is 0.369 e. The Balaban J connectivity index is 2.17. The molecular formula is C14H14N2O3S. The van der Waals surface area contributed by atoms with E-state index >= 15 is 0 Å². The van der Waals surface area contributed by atoms with Crippen molar-refractivity contribution >= 4 is 23.4 Å². The van der Waals surface area contributed by atoms with Crippen LogP contribution in [0.5, 0.6) is 10.9 Å². The van der Waals surface area contributed by atoms with Gasteiger partial charge in [-0.25, -0.2) is 4.79 Å². The maximum absolute atomic E-state index is 11.5. The lowest BCUT2D eigenvalue weighted by molar-refractivity contribution is 0.0525. The van der Waals surface area contributed by atoms with E-state index in [0.717, 1.165) is 16.9 Å². The van der Waals surface area contributed by atoms with Gasteiger partial charge in [0.1, 0.15) is 5.75 Å². The van der Waals surface area contributed by atoms with Crippen LogP contribution in [-0.4, -0.2) is 22.8 Å². The van der Waals surface area contributed by atoms with E-state index in [4.69, 9.17) is 9.47 Å². The Morgan fingerprint density at radius 3 is 2.90 bits per heavy atom. The number of carbonyl (C=O) groups excluding carboxylic acids is 1. The van der Waals surface area contributed by atoms with Crippen LogP contribution in [0, 0.1) is 0 Å². The molecule has 0 atom stereocenters. The Kier molecular flexibility index (Phi) is 4.84. The van der Waals surface area contributed by atoms with E-state index in [2.05, 4.69) is 10.2 Å². The molecule has 0 aliphatic heterocycles. The molecule has 1 aromatic carbocycles. The lowest BCUT2D eigenvalue weighted by atomic mass is 10.2. The third-order valence-electron chi connectivity index (χ3n) is 2.32. The topological polar surface area (TPSA) is 61.3 Å². The summed E-state index contributed by atoms with van der Waals surface area (Å²) in [5, 5.41) is 8.09. The molecule has 5 nitrogen and oxygen atoms in total. The maximum atomic E-state index is 11.5. The summed E-state index contributed by atoms with van der Waals surface area (Å²) in [7, 11) is 0. The second-order valence-electron chi connectivity index (χ2n) is 3.73. The summed E-state index contributed by atoms with van der Waals surface area (Å²) >= 11 is 1.06. The minimum atomic E-state index is -0.485. The van der Waals surface area contributed by atoms with Crippen LogP contribution in [0.3, 0.4) is 0 Å². The summed E-state index contributed by atoms with van der Waals surface area (Å²) in [5.41, 5.74) is 0.933. The molecule has 0 amide bonds. The molecule has 2 aromatic rings. The highest BCUT2D eigenvalue weighted by Gasteiger charge is 2.15. The van der Waals surface area contributed by atoms with E-state index in [1.54, 1.807) is 6.92 Å². The smallest absolute Gasteiger partial charge is 0.369 e. The van der Waals surface area contributed by atoms with Crippen molar-refractivity contribution in [2.24, 2.45) is 0 Å². The molecule has 0 spiro atoms. The van der Waals surface area contributed by atoms with Gasteiger partial charge in [-0.05, 0) is 31.3 Å². The van der Waals surface area contributed by atoms with Gasteiger partial charge in [-0.15, -0.1) is 5.10 Å². The Morgan fingerprint density at radius 2 is 2.15 bits per heavy atom. The third-order valence-corrected chi connectivity index (χ3v) is 3.10. The van der Waals surface area contributed by atoms with Gasteiger partial charge in [0.2, 0.25) is 5.01 Å². The molecule has 0 unspecified atom stereocenters. The van der Waals surface area contributed by atoms with Crippen LogP contribution < -0.4 is 4.74 Å². The van der Waals surface area contributed by atoms with Gasteiger partial charge in [-0.1, -0.05) is 35.4 Å². The first-order chi connectivity index (χ1) is 9.74. The fourth-order valence-corrected chi connectivity index (χ4v) is 2.11. The molecule has 2 rings (SSSR count). The fourth-order valence-electron chi connectivity index (χ4n) is 1.51. The lowest BCUT2D eigenvalue weighted by Gasteiger charge is -2.04. The molecule has 0 bridgehead atoms. The molecule has 1 heterocycles. The Labute approximate surface area is 120 Å². The van der Waals surface area contributed by atoms with Gasteiger partial charge in [0.15, 0.2) is 0 Å². The molecule has 0 fully saturated rings. The van der Waals surface area contributed by atoms with Gasteiger partial charge >= 0.3 is 5.97 Å². The number of benzene rings is 1. The Hall–Kier alpha value is -2.21. The number of nitrogens with zero attached hydrogens (tertiary/aromatic N) is 2. The highest BCUT2D eigenvalue weighted by Crippen LogP contribution is 2.28. The van der Waals surface area contributed by atoms with Crippen molar-refractivity contribution in [3.05, 3.63) is 40.9 Å². The van der Waals surface area contributed by atoms with Gasteiger partial charge < -0.3 is 9.47 Å². The summed E-state index contributed by atoms with van der Waals surface area (Å²) in [6.07, 6.45) is 3.86. The molecule has 20 heavy (non-hydrogen) atoms. The van der Waals surface area contributed by atoms with E-state index in [1.165, 1.54) is 0 Å². The highest BCUT2D eigenvalue weighted by molar-refractivity contribution is 7.14. The lowest BCUT2D eigenvalue weighted by Crippen LogP contribution is -2.03. The van der Waals surface area contributed by atoms with E-state index in [0.29, 0.717) is 17.6 Å². The van der Waals surface area contributed by atoms with Crippen LogP contribution in [0.15, 0.2) is 30.3 Å².